The molecule has 2 aliphatic heterocycles. The summed E-state index contributed by atoms with van der Waals surface area (Å²) in [6, 6.07) is 6.71. The lowest BCUT2D eigenvalue weighted by atomic mass is 9.98. The zero-order chi connectivity index (χ0) is 78.7. The number of hydrogen-bond acceptors (Lipinski definition) is 20. The Morgan fingerprint density at radius 2 is 1.23 bits per heavy atom. The Morgan fingerprint density at radius 1 is 0.648 bits per heavy atom. The molecule has 2 fully saturated rings. The number of nitrogens with one attached hydrogen (secondary N) is 16. The lowest BCUT2D eigenvalue weighted by molar-refractivity contribution is -0.146. The van der Waals surface area contributed by atoms with Crippen molar-refractivity contribution in [3.05, 3.63) is 95.7 Å². The number of fused-ring (bicyclic) bond motifs is 5. The molecule has 11 atom stereocenters. The van der Waals surface area contributed by atoms with Crippen LogP contribution in [0.5, 0.6) is 0 Å². The number of guanidine groups is 2. The van der Waals surface area contributed by atoms with Gasteiger partial charge in [0.05, 0.1) is 13.0 Å². The fourth-order valence-corrected chi connectivity index (χ4v) is 13.1. The maximum atomic E-state index is 14.9. The minimum Gasteiger partial charge on any atom is -0.481 e. The molecular formula is C69H94N20O17S2. The number of aliphatic hydroxyl groups is 1. The number of nitrogens with zero attached hydrogens (tertiary/aromatic N) is 1. The van der Waals surface area contributed by atoms with E-state index in [1.807, 2.05) is 48.5 Å². The normalized spacial score (nSPS) is 20.6. The number of alkyl carbamates (subject to hydrolysis) is 1. The second-order valence-corrected chi connectivity index (χ2v) is 26.8. The highest BCUT2D eigenvalue weighted by atomic mass is 32.1. The van der Waals surface area contributed by atoms with Crippen LogP contribution < -0.4 is 86.3 Å². The van der Waals surface area contributed by atoms with Crippen LogP contribution in [-0.4, -0.2) is 232 Å². The van der Waals surface area contributed by atoms with Crippen molar-refractivity contribution in [3.8, 4) is 11.1 Å². The fourth-order valence-electron chi connectivity index (χ4n) is 12.6. The second kappa shape index (κ2) is 41.0. The topological polar surface area (TPSA) is 590 Å². The molecule has 1 unspecified atom stereocenters. The van der Waals surface area contributed by atoms with Gasteiger partial charge in [-0.2, -0.15) is 25.3 Å². The summed E-state index contributed by atoms with van der Waals surface area (Å²) in [5.41, 5.74) is 21.4. The first-order chi connectivity index (χ1) is 51.6. The van der Waals surface area contributed by atoms with Gasteiger partial charge in [0.15, 0.2) is 11.9 Å². The SMILES string of the molecule is C[C@H](NC(=O)[C@@H]1CCCC[C@H](NC(=O)CNC(=O)OCC2c3ccccc3-c3ccccc32)C(=O)N[C@@H](CS)C(=O)N[C@@H](CO)C(=O)N[C@@H](CC(=O)O)C(=O)N2CCCC2C(=O)N[C@@H](CCCNC(=N)N)C(=O)N1)C(=O)N[C@@H](Cc1cc2ccccc2[nH]1)C(=O)N[C@@H](CCCNC(=N)N)C(=O)N[C@@H](CS)C(N)=O. The van der Waals surface area contributed by atoms with Crippen LogP contribution in [-0.2, 0) is 73.5 Å². The predicted molar refractivity (Wildman–Crippen MR) is 398 cm³/mol. The first-order valence-corrected chi connectivity index (χ1v) is 36.3. The van der Waals surface area contributed by atoms with Gasteiger partial charge in [0.25, 0.3) is 0 Å². The molecule has 3 aliphatic rings. The van der Waals surface area contributed by atoms with Gasteiger partial charge in [-0.1, -0.05) is 79.6 Å². The summed E-state index contributed by atoms with van der Waals surface area (Å²) in [7, 11) is 0. The Kier molecular flexibility index (Phi) is 31.9. The number of benzene rings is 3. The first-order valence-electron chi connectivity index (χ1n) is 35.1. The number of aliphatic hydroxyl groups excluding tert-OH is 1. The second-order valence-electron chi connectivity index (χ2n) is 26.1. The van der Waals surface area contributed by atoms with Crippen molar-refractivity contribution in [2.75, 3.05) is 50.9 Å². The number of ether oxygens (including phenoxy) is 1. The molecule has 39 heteroatoms. The van der Waals surface area contributed by atoms with Crippen LogP contribution >= 0.6 is 25.3 Å². The molecule has 0 bridgehead atoms. The lowest BCUT2D eigenvalue weighted by Crippen LogP contribution is -2.61. The quantitative estimate of drug-likeness (QED) is 0.0107. The summed E-state index contributed by atoms with van der Waals surface area (Å²) in [4.78, 5) is 200. The number of aliphatic carboxylic acids is 1. The third kappa shape index (κ3) is 24.4. The van der Waals surface area contributed by atoms with E-state index in [4.69, 9.17) is 32.8 Å². The minimum atomic E-state index is -1.92. The van der Waals surface area contributed by atoms with E-state index < -0.39 is 181 Å². The van der Waals surface area contributed by atoms with Crippen LogP contribution in [0.3, 0.4) is 0 Å². The number of amides is 13. The summed E-state index contributed by atoms with van der Waals surface area (Å²) >= 11 is 8.35. The van der Waals surface area contributed by atoms with Crippen LogP contribution in [0.1, 0.15) is 100 Å². The van der Waals surface area contributed by atoms with E-state index in [-0.39, 0.29) is 115 Å². The Labute approximate surface area is 631 Å². The average molecular weight is 1540 g/mol. The number of carbonyl (C=O) groups excluding carboxylic acids is 13. The number of para-hydroxylation sites is 1. The van der Waals surface area contributed by atoms with Crippen LogP contribution in [0.25, 0.3) is 22.0 Å². The molecule has 584 valence electrons. The summed E-state index contributed by atoms with van der Waals surface area (Å²) in [5, 5.41) is 69.0. The number of carboxylic acid groups (broad SMARTS) is 1. The van der Waals surface area contributed by atoms with Gasteiger partial charge in [0.2, 0.25) is 70.9 Å². The zero-order valence-corrected chi connectivity index (χ0v) is 61.0. The molecule has 37 nitrogen and oxygen atoms in total. The van der Waals surface area contributed by atoms with Crippen molar-refractivity contribution >= 4 is 131 Å². The number of carboxylic acids is 1. The third-order valence-electron chi connectivity index (χ3n) is 18.2. The van der Waals surface area contributed by atoms with E-state index >= 15 is 0 Å². The number of thiol groups is 2. The highest BCUT2D eigenvalue weighted by Crippen LogP contribution is 2.44. The lowest BCUT2D eigenvalue weighted by Gasteiger charge is -2.30. The van der Waals surface area contributed by atoms with Crippen molar-refractivity contribution in [3.63, 3.8) is 0 Å². The first kappa shape index (κ1) is 84.0. The molecule has 1 aliphatic carbocycles. The number of primary amides is 1. The van der Waals surface area contributed by atoms with Crippen molar-refractivity contribution in [1.29, 1.82) is 10.8 Å². The van der Waals surface area contributed by atoms with E-state index in [1.165, 1.54) is 6.92 Å². The highest BCUT2D eigenvalue weighted by Gasteiger charge is 2.42. The molecule has 2 saturated heterocycles. The Balaban J connectivity index is 1.18. The van der Waals surface area contributed by atoms with E-state index in [0.717, 1.165) is 32.5 Å². The largest absolute Gasteiger partial charge is 0.481 e. The average Bonchev–Trinajstić information content (AvgIpc) is 1.62. The van der Waals surface area contributed by atoms with Crippen LogP contribution in [0, 0.1) is 10.8 Å². The highest BCUT2D eigenvalue weighted by molar-refractivity contribution is 7.80. The van der Waals surface area contributed by atoms with Crippen molar-refractivity contribution in [1.82, 2.24) is 79.0 Å². The number of hydrogen-bond donors (Lipinski definition) is 23. The molecule has 0 spiro atoms. The summed E-state index contributed by atoms with van der Waals surface area (Å²) in [5.74, 6) is -15.5. The standard InChI is InChI=1S/C69H94N20O17S2/c1-35(57(95)84-48(28-37-27-36-13-2-7-18-43(36)79-37)62(100)82-46(21-10-24-75-67(71)72)61(99)87-51(33-107)56(70)94)78-58(96)45-20-9-8-19-44(80-54(91)30-77-69(105)106-32-42-40-16-5-3-14-38(40)39-15-4-6-17-41(39)42)59(97)88-52(34-108)64(102)86-50(31-90)63(101)85-49(29-55(92)93)66(104)89-26-12-23-53(89)65(103)83-47(60(98)81-45)22-11-25-76-68(73)74/h2-7,13-18,27,35,42,44-53,79,90,107-108H,8-12,19-26,28-34H2,1H3,(H2,70,94)(H,77,105)(H,78,96)(H,80,91)(H,81,98)(H,82,100)(H,83,103)(H,84,95)(H,85,101)(H,86,102)(H,87,99)(H,88,97)(H,92,93)(H4,71,72,75)(H4,73,74,76)/t35-,44-,45-,46-,47-,48-,49-,50-,51-,52-,53?/m0/s1. The van der Waals surface area contributed by atoms with Gasteiger partial charge in [0.1, 0.15) is 79.6 Å². The van der Waals surface area contributed by atoms with Crippen LogP contribution in [0.2, 0.25) is 0 Å². The van der Waals surface area contributed by atoms with Gasteiger partial charge in [-0.15, -0.1) is 0 Å². The number of rotatable bonds is 29. The molecule has 13 amide bonds. The summed E-state index contributed by atoms with van der Waals surface area (Å²) < 4.78 is 5.60. The van der Waals surface area contributed by atoms with E-state index in [1.54, 1.807) is 30.3 Å². The zero-order valence-electron chi connectivity index (χ0n) is 59.2. The van der Waals surface area contributed by atoms with Gasteiger partial charge in [-0.05, 0) is 98.1 Å². The molecule has 24 N–H and O–H groups in total. The molecule has 3 heterocycles. The maximum absolute atomic E-state index is 14.9. The van der Waals surface area contributed by atoms with Crippen molar-refractivity contribution in [2.24, 2.45) is 17.2 Å². The smallest absolute Gasteiger partial charge is 0.407 e. The van der Waals surface area contributed by atoms with Crippen molar-refractivity contribution < 1.29 is 82.1 Å². The molecule has 3 aromatic carbocycles. The Bertz CT molecular complexity index is 3900. The molecule has 1 aromatic heterocycles. The monoisotopic (exact) mass is 1540 g/mol. The van der Waals surface area contributed by atoms with Gasteiger partial charge in [-0.25, -0.2) is 4.79 Å². The molecular weight excluding hydrogens is 1450 g/mol. The number of aromatic amines is 1. The molecule has 0 radical (unpaired) electrons. The molecule has 4 aromatic rings. The third-order valence-corrected chi connectivity index (χ3v) is 18.9. The minimum absolute atomic E-state index is 0.0194. The number of aromatic nitrogens is 1. The summed E-state index contributed by atoms with van der Waals surface area (Å²) in [6.07, 6.45) is -3.13. The van der Waals surface area contributed by atoms with Crippen LogP contribution in [0.4, 0.5) is 4.79 Å². The van der Waals surface area contributed by atoms with E-state index in [2.05, 4.69) is 99.4 Å². The summed E-state index contributed by atoms with van der Waals surface area (Å²) in [6.45, 7) is -0.823. The fraction of sp³-hybridized carbons (Fsp3) is 0.478. The molecule has 7 rings (SSSR count). The van der Waals surface area contributed by atoms with Gasteiger partial charge < -0.3 is 111 Å². The number of nitrogens with two attached hydrogens (primary N) is 3. The molecule has 108 heavy (non-hydrogen) atoms. The maximum Gasteiger partial charge on any atom is 0.407 e. The van der Waals surface area contributed by atoms with E-state index in [0.29, 0.717) is 11.2 Å². The number of H-pyrrole nitrogens is 1. The van der Waals surface area contributed by atoms with Crippen LogP contribution in [0.15, 0.2) is 78.9 Å². The molecule has 0 saturated carbocycles. The van der Waals surface area contributed by atoms with E-state index in [9.17, 15) is 77.3 Å². The van der Waals surface area contributed by atoms with Gasteiger partial charge >= 0.3 is 12.1 Å². The van der Waals surface area contributed by atoms with Crippen molar-refractivity contribution in [2.45, 2.75) is 156 Å². The van der Waals surface area contributed by atoms with Gasteiger partial charge in [0, 0.05) is 54.7 Å². The predicted octanol–water partition coefficient (Wildman–Crippen LogP) is -3.98. The number of carbonyl (C=O) groups is 14. The Morgan fingerprint density at radius 3 is 1.87 bits per heavy atom. The van der Waals surface area contributed by atoms with Gasteiger partial charge in [-0.3, -0.25) is 73.1 Å². The Hall–Kier alpha value is -11.2.